The number of rotatable bonds is 8. The fourth-order valence-corrected chi connectivity index (χ4v) is 3.63. The minimum Gasteiger partial charge on any atom is -0.351 e. The maximum Gasteiger partial charge on any atom is 0.274 e. The standard InChI is InChI=1S/C26H24N4O4/c31-24(27-15-18-6-2-1-3-7-18)17-30(16-19-10-12-20(13-11-19)25(32)29-34)26(33)23-14-21-8-4-5-9-22(21)28-23/h1-14,28,34H,15-17H2,(H,27,31)(H,29,32). The van der Waals surface area contributed by atoms with E-state index in [4.69, 9.17) is 5.21 Å². The lowest BCUT2D eigenvalue weighted by Gasteiger charge is -2.22. The molecule has 0 unspecified atom stereocenters. The molecule has 3 amide bonds. The Morgan fingerprint density at radius 1 is 0.853 bits per heavy atom. The number of aromatic nitrogens is 1. The first-order valence-corrected chi connectivity index (χ1v) is 10.7. The highest BCUT2D eigenvalue weighted by atomic mass is 16.5. The summed E-state index contributed by atoms with van der Waals surface area (Å²) in [5.74, 6) is -1.23. The van der Waals surface area contributed by atoms with Gasteiger partial charge in [0, 0.05) is 29.6 Å². The van der Waals surface area contributed by atoms with Crippen LogP contribution in [0, 0.1) is 0 Å². The molecule has 172 valence electrons. The quantitative estimate of drug-likeness (QED) is 0.241. The first-order chi connectivity index (χ1) is 16.5. The predicted molar refractivity (Wildman–Crippen MR) is 127 cm³/mol. The topological polar surface area (TPSA) is 115 Å². The third kappa shape index (κ3) is 5.48. The van der Waals surface area contributed by atoms with Gasteiger partial charge in [-0.1, -0.05) is 60.7 Å². The average molecular weight is 457 g/mol. The van der Waals surface area contributed by atoms with Gasteiger partial charge in [0.25, 0.3) is 11.8 Å². The molecule has 4 rings (SSSR count). The molecule has 0 saturated carbocycles. The van der Waals surface area contributed by atoms with E-state index in [-0.39, 0.29) is 30.5 Å². The number of fused-ring (bicyclic) bond motifs is 1. The molecule has 8 heteroatoms. The Labute approximate surface area is 196 Å². The number of H-pyrrole nitrogens is 1. The van der Waals surface area contributed by atoms with E-state index in [1.165, 1.54) is 4.90 Å². The van der Waals surface area contributed by atoms with Crippen LogP contribution in [-0.2, 0) is 17.9 Å². The monoisotopic (exact) mass is 456 g/mol. The lowest BCUT2D eigenvalue weighted by Crippen LogP contribution is -2.40. The van der Waals surface area contributed by atoms with Crippen LogP contribution in [0.4, 0.5) is 0 Å². The Morgan fingerprint density at radius 2 is 1.56 bits per heavy atom. The van der Waals surface area contributed by atoms with Crippen LogP contribution < -0.4 is 10.8 Å². The summed E-state index contributed by atoms with van der Waals surface area (Å²) in [6.45, 7) is 0.382. The van der Waals surface area contributed by atoms with Crippen LogP contribution in [0.3, 0.4) is 0 Å². The number of amides is 3. The number of benzene rings is 3. The van der Waals surface area contributed by atoms with E-state index in [0.717, 1.165) is 22.0 Å². The third-order valence-corrected chi connectivity index (χ3v) is 5.41. The van der Waals surface area contributed by atoms with Crippen molar-refractivity contribution in [3.63, 3.8) is 0 Å². The Morgan fingerprint density at radius 3 is 2.26 bits per heavy atom. The van der Waals surface area contributed by atoms with Gasteiger partial charge in [-0.3, -0.25) is 19.6 Å². The van der Waals surface area contributed by atoms with Gasteiger partial charge in [-0.2, -0.15) is 0 Å². The molecule has 0 spiro atoms. The lowest BCUT2D eigenvalue weighted by molar-refractivity contribution is -0.122. The molecule has 0 atom stereocenters. The molecule has 0 saturated heterocycles. The van der Waals surface area contributed by atoms with Gasteiger partial charge in [0.2, 0.25) is 5.91 Å². The number of nitrogens with zero attached hydrogens (tertiary/aromatic N) is 1. The number of hydroxylamine groups is 1. The SMILES string of the molecule is O=C(CN(Cc1ccc(C(=O)NO)cc1)C(=O)c1cc2ccccc2[nH]1)NCc1ccccc1. The van der Waals surface area contributed by atoms with Gasteiger partial charge in [0.1, 0.15) is 12.2 Å². The van der Waals surface area contributed by atoms with Crippen molar-refractivity contribution in [2.75, 3.05) is 6.54 Å². The smallest absolute Gasteiger partial charge is 0.274 e. The summed E-state index contributed by atoms with van der Waals surface area (Å²) in [6, 6.07) is 25.3. The zero-order valence-electron chi connectivity index (χ0n) is 18.3. The number of carbonyl (C=O) groups excluding carboxylic acids is 3. The van der Waals surface area contributed by atoms with Crippen LogP contribution in [0.1, 0.15) is 32.0 Å². The number of para-hydroxylation sites is 1. The lowest BCUT2D eigenvalue weighted by atomic mass is 10.1. The van der Waals surface area contributed by atoms with Gasteiger partial charge in [0.15, 0.2) is 0 Å². The van der Waals surface area contributed by atoms with Crippen LogP contribution in [0.25, 0.3) is 10.9 Å². The van der Waals surface area contributed by atoms with Crippen molar-refractivity contribution in [1.29, 1.82) is 0 Å². The van der Waals surface area contributed by atoms with E-state index < -0.39 is 5.91 Å². The van der Waals surface area contributed by atoms with E-state index in [1.807, 2.05) is 54.6 Å². The summed E-state index contributed by atoms with van der Waals surface area (Å²) in [5, 5.41) is 12.6. The van der Waals surface area contributed by atoms with E-state index >= 15 is 0 Å². The number of nitrogens with one attached hydrogen (secondary N) is 3. The van der Waals surface area contributed by atoms with E-state index in [9.17, 15) is 14.4 Å². The predicted octanol–water partition coefficient (Wildman–Crippen LogP) is 3.25. The summed E-state index contributed by atoms with van der Waals surface area (Å²) < 4.78 is 0. The second kappa shape index (κ2) is 10.5. The van der Waals surface area contributed by atoms with Crippen LogP contribution in [0.5, 0.6) is 0 Å². The second-order valence-corrected chi connectivity index (χ2v) is 7.83. The molecule has 0 bridgehead atoms. The molecule has 0 aliphatic rings. The summed E-state index contributed by atoms with van der Waals surface area (Å²) in [5.41, 5.74) is 4.77. The third-order valence-electron chi connectivity index (χ3n) is 5.41. The normalized spacial score (nSPS) is 10.6. The molecule has 0 radical (unpaired) electrons. The van der Waals surface area contributed by atoms with Gasteiger partial charge >= 0.3 is 0 Å². The van der Waals surface area contributed by atoms with Crippen LogP contribution in [-0.4, -0.2) is 39.4 Å². The molecule has 1 heterocycles. The molecule has 3 aromatic carbocycles. The van der Waals surface area contributed by atoms with Crippen LogP contribution >= 0.6 is 0 Å². The minimum atomic E-state index is -0.627. The maximum atomic E-state index is 13.4. The largest absolute Gasteiger partial charge is 0.351 e. The molecular formula is C26H24N4O4. The Balaban J connectivity index is 1.52. The van der Waals surface area contributed by atoms with Gasteiger partial charge in [-0.05, 0) is 35.4 Å². The van der Waals surface area contributed by atoms with Crippen molar-refractivity contribution < 1.29 is 19.6 Å². The summed E-state index contributed by atoms with van der Waals surface area (Å²) in [7, 11) is 0. The van der Waals surface area contributed by atoms with Gasteiger partial charge in [-0.15, -0.1) is 0 Å². The number of hydrogen-bond acceptors (Lipinski definition) is 4. The Hall–Kier alpha value is -4.43. The zero-order valence-corrected chi connectivity index (χ0v) is 18.3. The number of hydrogen-bond donors (Lipinski definition) is 4. The molecule has 0 fully saturated rings. The van der Waals surface area contributed by atoms with Crippen molar-refractivity contribution in [3.8, 4) is 0 Å². The highest BCUT2D eigenvalue weighted by Crippen LogP contribution is 2.17. The Bertz CT molecular complexity index is 1270. The molecule has 8 nitrogen and oxygen atoms in total. The van der Waals surface area contributed by atoms with Crippen molar-refractivity contribution in [3.05, 3.63) is 107 Å². The summed E-state index contributed by atoms with van der Waals surface area (Å²) >= 11 is 0. The number of carbonyl (C=O) groups is 3. The summed E-state index contributed by atoms with van der Waals surface area (Å²) in [6.07, 6.45) is 0. The molecule has 0 aliphatic carbocycles. The van der Waals surface area contributed by atoms with Crippen LogP contribution in [0.15, 0.2) is 84.9 Å². The molecule has 0 aliphatic heterocycles. The fraction of sp³-hybridized carbons (Fsp3) is 0.115. The molecule has 1 aromatic heterocycles. The maximum absolute atomic E-state index is 13.4. The zero-order chi connectivity index (χ0) is 23.9. The molecule has 34 heavy (non-hydrogen) atoms. The van der Waals surface area contributed by atoms with E-state index in [1.54, 1.807) is 35.8 Å². The van der Waals surface area contributed by atoms with Crippen molar-refractivity contribution in [1.82, 2.24) is 20.7 Å². The second-order valence-electron chi connectivity index (χ2n) is 7.83. The minimum absolute atomic E-state index is 0.139. The van der Waals surface area contributed by atoms with Crippen molar-refractivity contribution in [2.24, 2.45) is 0 Å². The molecule has 4 N–H and O–H groups in total. The highest BCUT2D eigenvalue weighted by Gasteiger charge is 2.21. The van der Waals surface area contributed by atoms with E-state index in [2.05, 4.69) is 10.3 Å². The van der Waals surface area contributed by atoms with Gasteiger partial charge < -0.3 is 15.2 Å². The van der Waals surface area contributed by atoms with Crippen LogP contribution in [0.2, 0.25) is 0 Å². The fourth-order valence-electron chi connectivity index (χ4n) is 3.63. The molecule has 4 aromatic rings. The Kier molecular flexibility index (Phi) is 7.00. The van der Waals surface area contributed by atoms with Crippen molar-refractivity contribution in [2.45, 2.75) is 13.1 Å². The average Bonchev–Trinajstić information content (AvgIpc) is 3.31. The first-order valence-electron chi connectivity index (χ1n) is 10.7. The van der Waals surface area contributed by atoms with E-state index in [0.29, 0.717) is 12.2 Å². The van der Waals surface area contributed by atoms with Crippen molar-refractivity contribution >= 4 is 28.6 Å². The van der Waals surface area contributed by atoms with Gasteiger partial charge in [0.05, 0.1) is 0 Å². The molecular weight excluding hydrogens is 432 g/mol. The number of aromatic amines is 1. The first kappa shape index (κ1) is 22.8. The summed E-state index contributed by atoms with van der Waals surface area (Å²) in [4.78, 5) is 42.2. The van der Waals surface area contributed by atoms with Gasteiger partial charge in [-0.25, -0.2) is 5.48 Å². The highest BCUT2D eigenvalue weighted by molar-refractivity contribution is 5.99.